The van der Waals surface area contributed by atoms with Crippen LogP contribution in [0.25, 0.3) is 6.08 Å². The Bertz CT molecular complexity index is 597. The van der Waals surface area contributed by atoms with E-state index >= 15 is 0 Å². The van der Waals surface area contributed by atoms with E-state index in [0.717, 1.165) is 4.57 Å². The Hall–Kier alpha value is -1.25. The van der Waals surface area contributed by atoms with Gasteiger partial charge in [0.25, 0.3) is 5.56 Å². The van der Waals surface area contributed by atoms with Gasteiger partial charge in [-0.1, -0.05) is 15.9 Å². The van der Waals surface area contributed by atoms with E-state index in [-0.39, 0.29) is 12.0 Å². The van der Waals surface area contributed by atoms with Crippen molar-refractivity contribution in [1.82, 2.24) is 9.55 Å². The SMILES string of the molecule is O=c1[nH]c(=O)n([C@H]2C[C@H](O)[C@@H](CF)O2)cc1C=CBr. The summed E-state index contributed by atoms with van der Waals surface area (Å²) in [6.45, 7) is -0.829. The summed E-state index contributed by atoms with van der Waals surface area (Å²) in [6, 6.07) is 0. The van der Waals surface area contributed by atoms with Crippen molar-refractivity contribution in [1.29, 1.82) is 0 Å². The second kappa shape index (κ2) is 5.81. The highest BCUT2D eigenvalue weighted by Gasteiger charge is 2.35. The fourth-order valence-electron chi connectivity index (χ4n) is 1.93. The summed E-state index contributed by atoms with van der Waals surface area (Å²) in [5.74, 6) is 0. The van der Waals surface area contributed by atoms with Crippen LogP contribution in [0.3, 0.4) is 0 Å². The van der Waals surface area contributed by atoms with Crippen LogP contribution in [0.15, 0.2) is 20.8 Å². The Morgan fingerprint density at radius 1 is 1.63 bits per heavy atom. The van der Waals surface area contributed by atoms with Crippen LogP contribution in [-0.2, 0) is 4.74 Å². The molecular formula is C11H12BrFN2O4. The standard InChI is InChI=1S/C11H12BrFN2O4/c12-2-1-6-5-15(11(18)14-10(6)17)9-3-7(16)8(4-13)19-9/h1-2,5,7-9,16H,3-4H2,(H,14,17,18)/t7-,8+,9+/m0/s1. The molecule has 19 heavy (non-hydrogen) atoms. The number of ether oxygens (including phenoxy) is 1. The van der Waals surface area contributed by atoms with Crippen LogP contribution in [0.4, 0.5) is 4.39 Å². The number of H-pyrrole nitrogens is 1. The number of alkyl halides is 1. The third-order valence-corrected chi connectivity index (χ3v) is 3.17. The highest BCUT2D eigenvalue weighted by Crippen LogP contribution is 2.27. The molecule has 0 spiro atoms. The van der Waals surface area contributed by atoms with Gasteiger partial charge in [0, 0.05) is 12.6 Å². The Labute approximate surface area is 115 Å². The van der Waals surface area contributed by atoms with E-state index in [9.17, 15) is 19.1 Å². The Morgan fingerprint density at radius 3 is 2.95 bits per heavy atom. The van der Waals surface area contributed by atoms with E-state index in [4.69, 9.17) is 4.74 Å². The van der Waals surface area contributed by atoms with Crippen LogP contribution in [-0.4, -0.2) is 33.5 Å². The summed E-state index contributed by atoms with van der Waals surface area (Å²) in [5.41, 5.74) is -0.941. The number of halogens is 2. The lowest BCUT2D eigenvalue weighted by molar-refractivity contribution is -0.0311. The van der Waals surface area contributed by atoms with Gasteiger partial charge in [-0.3, -0.25) is 14.3 Å². The largest absolute Gasteiger partial charge is 0.390 e. The Balaban J connectivity index is 2.38. The van der Waals surface area contributed by atoms with Crippen LogP contribution in [0, 0.1) is 0 Å². The molecule has 2 rings (SSSR count). The maximum atomic E-state index is 12.6. The molecule has 1 aliphatic heterocycles. The Morgan fingerprint density at radius 2 is 2.37 bits per heavy atom. The third-order valence-electron chi connectivity index (χ3n) is 2.90. The topological polar surface area (TPSA) is 84.3 Å². The number of aromatic amines is 1. The number of nitrogens with zero attached hydrogens (tertiary/aromatic N) is 1. The normalized spacial score (nSPS) is 27.2. The first-order valence-corrected chi connectivity index (χ1v) is 6.50. The third kappa shape index (κ3) is 2.85. The molecule has 6 nitrogen and oxygen atoms in total. The van der Waals surface area contributed by atoms with Gasteiger partial charge in [-0.15, -0.1) is 0 Å². The molecule has 1 fully saturated rings. The van der Waals surface area contributed by atoms with Crippen molar-refractivity contribution >= 4 is 22.0 Å². The second-order valence-electron chi connectivity index (χ2n) is 4.13. The lowest BCUT2D eigenvalue weighted by Crippen LogP contribution is -2.33. The average Bonchev–Trinajstić information content (AvgIpc) is 2.74. The molecule has 0 saturated carbocycles. The van der Waals surface area contributed by atoms with Gasteiger partial charge in [-0.25, -0.2) is 9.18 Å². The van der Waals surface area contributed by atoms with Crippen molar-refractivity contribution in [3.8, 4) is 0 Å². The van der Waals surface area contributed by atoms with Gasteiger partial charge in [0.2, 0.25) is 0 Å². The number of aromatic nitrogens is 2. The van der Waals surface area contributed by atoms with Crippen LogP contribution in [0.1, 0.15) is 18.2 Å². The van der Waals surface area contributed by atoms with Crippen LogP contribution in [0.2, 0.25) is 0 Å². The maximum absolute atomic E-state index is 12.6. The fraction of sp³-hybridized carbons (Fsp3) is 0.455. The molecule has 1 saturated heterocycles. The predicted octanol–water partition coefficient (Wildman–Crippen LogP) is 0.520. The van der Waals surface area contributed by atoms with Crippen molar-refractivity contribution in [2.45, 2.75) is 24.9 Å². The van der Waals surface area contributed by atoms with E-state index in [1.165, 1.54) is 17.3 Å². The monoisotopic (exact) mass is 334 g/mol. The molecule has 1 aliphatic rings. The lowest BCUT2D eigenvalue weighted by Gasteiger charge is -2.14. The van der Waals surface area contributed by atoms with E-state index < -0.39 is 36.4 Å². The summed E-state index contributed by atoms with van der Waals surface area (Å²) < 4.78 is 18.9. The van der Waals surface area contributed by atoms with E-state index in [1.54, 1.807) is 0 Å². The summed E-state index contributed by atoms with van der Waals surface area (Å²) in [4.78, 5) is 26.8. The van der Waals surface area contributed by atoms with Gasteiger partial charge in [-0.2, -0.15) is 0 Å². The van der Waals surface area contributed by atoms with Gasteiger partial charge in [0.05, 0.1) is 11.7 Å². The number of nitrogens with one attached hydrogen (secondary N) is 1. The van der Waals surface area contributed by atoms with Crippen molar-refractivity contribution in [2.24, 2.45) is 0 Å². The zero-order chi connectivity index (χ0) is 14.0. The van der Waals surface area contributed by atoms with Gasteiger partial charge in [-0.05, 0) is 11.1 Å². The van der Waals surface area contributed by atoms with Gasteiger partial charge in [0.15, 0.2) is 0 Å². The molecule has 1 aromatic rings. The van der Waals surface area contributed by atoms with E-state index in [1.807, 2.05) is 0 Å². The summed E-state index contributed by atoms with van der Waals surface area (Å²) in [5, 5.41) is 9.57. The van der Waals surface area contributed by atoms with E-state index in [2.05, 4.69) is 20.9 Å². The minimum absolute atomic E-state index is 0.0952. The molecule has 1 aromatic heterocycles. The van der Waals surface area contributed by atoms with Gasteiger partial charge < -0.3 is 9.84 Å². The zero-order valence-electron chi connectivity index (χ0n) is 9.75. The van der Waals surface area contributed by atoms with Crippen LogP contribution >= 0.6 is 15.9 Å². The van der Waals surface area contributed by atoms with Gasteiger partial charge >= 0.3 is 5.69 Å². The molecule has 0 aromatic carbocycles. The zero-order valence-corrected chi connectivity index (χ0v) is 11.3. The first-order chi connectivity index (χ1) is 9.06. The molecule has 0 aliphatic carbocycles. The minimum atomic E-state index is -0.969. The maximum Gasteiger partial charge on any atom is 0.330 e. The number of hydrogen-bond donors (Lipinski definition) is 2. The summed E-state index contributed by atoms with van der Waals surface area (Å²) in [6.07, 6.45) is 0.174. The fourth-order valence-corrected chi connectivity index (χ4v) is 2.21. The molecule has 0 unspecified atom stereocenters. The predicted molar refractivity (Wildman–Crippen MR) is 69.8 cm³/mol. The van der Waals surface area contributed by atoms with Crippen molar-refractivity contribution in [2.75, 3.05) is 6.67 Å². The number of aliphatic hydroxyl groups is 1. The van der Waals surface area contributed by atoms with Crippen molar-refractivity contribution in [3.63, 3.8) is 0 Å². The molecule has 0 bridgehead atoms. The molecule has 8 heteroatoms. The van der Waals surface area contributed by atoms with Crippen molar-refractivity contribution < 1.29 is 14.2 Å². The first-order valence-electron chi connectivity index (χ1n) is 5.58. The highest BCUT2D eigenvalue weighted by molar-refractivity contribution is 9.11. The summed E-state index contributed by atoms with van der Waals surface area (Å²) >= 11 is 3.04. The molecule has 0 amide bonds. The Kier molecular flexibility index (Phi) is 4.33. The molecule has 2 heterocycles. The second-order valence-corrected chi connectivity index (χ2v) is 4.66. The highest BCUT2D eigenvalue weighted by atomic mass is 79.9. The van der Waals surface area contributed by atoms with Crippen LogP contribution < -0.4 is 11.2 Å². The molecule has 104 valence electrons. The minimum Gasteiger partial charge on any atom is -0.390 e. The van der Waals surface area contributed by atoms with Crippen LogP contribution in [0.5, 0.6) is 0 Å². The lowest BCUT2D eigenvalue weighted by atomic mass is 10.2. The smallest absolute Gasteiger partial charge is 0.330 e. The van der Waals surface area contributed by atoms with E-state index in [0.29, 0.717) is 0 Å². The average molecular weight is 335 g/mol. The van der Waals surface area contributed by atoms with Gasteiger partial charge in [0.1, 0.15) is 19.0 Å². The van der Waals surface area contributed by atoms with Crippen molar-refractivity contribution in [3.05, 3.63) is 37.6 Å². The molecule has 3 atom stereocenters. The quantitative estimate of drug-likeness (QED) is 0.844. The number of aliphatic hydroxyl groups excluding tert-OH is 1. The molecule has 0 radical (unpaired) electrons. The number of rotatable bonds is 3. The molecular weight excluding hydrogens is 323 g/mol. The summed E-state index contributed by atoms with van der Waals surface area (Å²) in [7, 11) is 0. The molecule has 2 N–H and O–H groups in total. The first kappa shape index (κ1) is 14.2. The number of hydrogen-bond acceptors (Lipinski definition) is 4.